The molecule has 1 aromatic carbocycles. The Bertz CT molecular complexity index is 634. The highest BCUT2D eigenvalue weighted by atomic mass is 32.1. The Morgan fingerprint density at radius 2 is 2.35 bits per heavy atom. The van der Waals surface area contributed by atoms with Crippen molar-refractivity contribution in [3.05, 3.63) is 34.7 Å². The van der Waals surface area contributed by atoms with Gasteiger partial charge in [0.1, 0.15) is 11.6 Å². The highest BCUT2D eigenvalue weighted by molar-refractivity contribution is 7.08. The predicted molar refractivity (Wildman–Crippen MR) is 69.8 cm³/mol. The summed E-state index contributed by atoms with van der Waals surface area (Å²) in [5.74, 6) is 0. The summed E-state index contributed by atoms with van der Waals surface area (Å²) in [6.07, 6.45) is 3.33. The third-order valence-corrected chi connectivity index (χ3v) is 3.89. The van der Waals surface area contributed by atoms with E-state index in [2.05, 4.69) is 21.8 Å². The van der Waals surface area contributed by atoms with Crippen LogP contribution in [0.15, 0.2) is 24.3 Å². The molecule has 17 heavy (non-hydrogen) atoms. The maximum atomic E-state index is 9.04. The van der Waals surface area contributed by atoms with Gasteiger partial charge in [0.2, 0.25) is 0 Å². The molecule has 84 valence electrons. The van der Waals surface area contributed by atoms with Crippen LogP contribution in [-0.2, 0) is 0 Å². The number of nitrogens with one attached hydrogen (secondary N) is 1. The van der Waals surface area contributed by atoms with Gasteiger partial charge < -0.3 is 5.32 Å². The van der Waals surface area contributed by atoms with Gasteiger partial charge in [0.25, 0.3) is 0 Å². The highest BCUT2D eigenvalue weighted by Crippen LogP contribution is 2.31. The lowest BCUT2D eigenvalue weighted by molar-refractivity contribution is 0.740. The fraction of sp³-hybridized carbons (Fsp3) is 0.231. The van der Waals surface area contributed by atoms with Crippen molar-refractivity contribution in [3.63, 3.8) is 0 Å². The third kappa shape index (κ3) is 1.74. The average molecular weight is 241 g/mol. The quantitative estimate of drug-likeness (QED) is 0.834. The molecule has 0 spiro atoms. The van der Waals surface area contributed by atoms with Crippen molar-refractivity contribution >= 4 is 28.0 Å². The number of rotatable bonds is 1. The molecule has 4 heteroatoms. The van der Waals surface area contributed by atoms with Gasteiger partial charge in [-0.2, -0.15) is 9.64 Å². The van der Waals surface area contributed by atoms with E-state index < -0.39 is 0 Å². The molecule has 0 radical (unpaired) electrons. The van der Waals surface area contributed by atoms with E-state index in [0.29, 0.717) is 5.56 Å². The van der Waals surface area contributed by atoms with Gasteiger partial charge in [-0.3, -0.25) is 0 Å². The lowest BCUT2D eigenvalue weighted by Gasteiger charge is -2.12. The number of benzene rings is 1. The second-order valence-electron chi connectivity index (χ2n) is 4.02. The summed E-state index contributed by atoms with van der Waals surface area (Å²) in [6.45, 7) is 1.94. The lowest BCUT2D eigenvalue weighted by atomic mass is 10.0. The summed E-state index contributed by atoms with van der Waals surface area (Å²) in [5.41, 5.74) is 2.80. The van der Waals surface area contributed by atoms with Gasteiger partial charge in [0.15, 0.2) is 0 Å². The van der Waals surface area contributed by atoms with Crippen LogP contribution in [-0.4, -0.2) is 17.5 Å². The van der Waals surface area contributed by atoms with Crippen molar-refractivity contribution in [3.8, 4) is 6.07 Å². The number of nitrogens with zero attached hydrogens (tertiary/aromatic N) is 2. The van der Waals surface area contributed by atoms with Gasteiger partial charge in [-0.15, -0.1) is 0 Å². The smallest absolute Gasteiger partial charge is 0.102 e. The van der Waals surface area contributed by atoms with Crippen LogP contribution >= 0.6 is 11.5 Å². The van der Waals surface area contributed by atoms with E-state index >= 15 is 0 Å². The molecule has 0 bridgehead atoms. The molecule has 1 N–H and O–H groups in total. The van der Waals surface area contributed by atoms with Crippen LogP contribution in [0.2, 0.25) is 0 Å². The molecule has 1 aromatic heterocycles. The molecule has 0 unspecified atom stereocenters. The topological polar surface area (TPSA) is 48.7 Å². The normalized spacial score (nSPS) is 15.6. The summed E-state index contributed by atoms with van der Waals surface area (Å²) >= 11 is 1.49. The maximum absolute atomic E-state index is 9.04. The molecular formula is C13H11N3S. The SMILES string of the molecule is N#Cc1cccc2c(C3=CCCNC3)snc12. The third-order valence-electron chi connectivity index (χ3n) is 2.95. The van der Waals surface area contributed by atoms with Crippen LogP contribution in [0.3, 0.4) is 0 Å². The largest absolute Gasteiger partial charge is 0.312 e. The molecule has 0 atom stereocenters. The fourth-order valence-corrected chi connectivity index (χ4v) is 3.02. The Hall–Kier alpha value is -1.70. The molecule has 2 aromatic rings. The van der Waals surface area contributed by atoms with E-state index in [1.807, 2.05) is 18.2 Å². The standard InChI is InChI=1S/C13H11N3S/c14-7-9-3-1-5-11-12(9)16-17-13(11)10-4-2-6-15-8-10/h1,3-5,15H,2,6,8H2. The molecule has 3 rings (SSSR count). The molecule has 1 aliphatic rings. The monoisotopic (exact) mass is 241 g/mol. The summed E-state index contributed by atoms with van der Waals surface area (Å²) < 4.78 is 4.42. The first kappa shape index (κ1) is 10.5. The van der Waals surface area contributed by atoms with Crippen molar-refractivity contribution in [2.24, 2.45) is 0 Å². The van der Waals surface area contributed by atoms with Crippen LogP contribution in [0.25, 0.3) is 16.5 Å². The first-order valence-electron chi connectivity index (χ1n) is 5.59. The summed E-state index contributed by atoms with van der Waals surface area (Å²) in [6, 6.07) is 7.99. The summed E-state index contributed by atoms with van der Waals surface area (Å²) in [4.78, 5) is 1.20. The van der Waals surface area contributed by atoms with Crippen LogP contribution in [0.1, 0.15) is 16.9 Å². The molecule has 0 saturated heterocycles. The minimum Gasteiger partial charge on any atom is -0.312 e. The molecule has 0 saturated carbocycles. The molecule has 0 amide bonds. The molecule has 0 aliphatic carbocycles. The van der Waals surface area contributed by atoms with E-state index in [1.165, 1.54) is 22.0 Å². The zero-order chi connectivity index (χ0) is 11.7. The Kier molecular flexibility index (Phi) is 2.63. The fourth-order valence-electron chi connectivity index (χ4n) is 2.10. The van der Waals surface area contributed by atoms with Gasteiger partial charge >= 0.3 is 0 Å². The van der Waals surface area contributed by atoms with Crippen LogP contribution in [0, 0.1) is 11.3 Å². The van der Waals surface area contributed by atoms with Crippen molar-refractivity contribution in [2.45, 2.75) is 6.42 Å². The number of hydrogen-bond acceptors (Lipinski definition) is 4. The minimum absolute atomic E-state index is 0.661. The van der Waals surface area contributed by atoms with Gasteiger partial charge in [-0.1, -0.05) is 18.2 Å². The Morgan fingerprint density at radius 3 is 3.12 bits per heavy atom. The second kappa shape index (κ2) is 4.28. The molecule has 2 heterocycles. The Labute approximate surface area is 104 Å². The Morgan fingerprint density at radius 1 is 1.41 bits per heavy atom. The first-order chi connectivity index (χ1) is 8.40. The number of fused-ring (bicyclic) bond motifs is 1. The molecular weight excluding hydrogens is 230 g/mol. The van der Waals surface area contributed by atoms with Crippen LogP contribution in [0.5, 0.6) is 0 Å². The van der Waals surface area contributed by atoms with Crippen molar-refractivity contribution in [1.82, 2.24) is 9.69 Å². The average Bonchev–Trinajstić information content (AvgIpc) is 2.83. The number of aromatic nitrogens is 1. The first-order valence-corrected chi connectivity index (χ1v) is 6.36. The number of hydrogen-bond donors (Lipinski definition) is 1. The zero-order valence-corrected chi connectivity index (χ0v) is 10.0. The van der Waals surface area contributed by atoms with E-state index in [1.54, 1.807) is 0 Å². The minimum atomic E-state index is 0.661. The summed E-state index contributed by atoms with van der Waals surface area (Å²) in [5, 5.41) is 13.5. The predicted octanol–water partition coefficient (Wildman–Crippen LogP) is 2.54. The molecule has 1 aliphatic heterocycles. The van der Waals surface area contributed by atoms with Gasteiger partial charge in [0, 0.05) is 11.9 Å². The van der Waals surface area contributed by atoms with Crippen molar-refractivity contribution in [2.75, 3.05) is 13.1 Å². The summed E-state index contributed by atoms with van der Waals surface area (Å²) in [7, 11) is 0. The highest BCUT2D eigenvalue weighted by Gasteiger charge is 2.14. The lowest BCUT2D eigenvalue weighted by Crippen LogP contribution is -2.21. The Balaban J connectivity index is 2.19. The van der Waals surface area contributed by atoms with E-state index in [0.717, 1.165) is 30.4 Å². The maximum Gasteiger partial charge on any atom is 0.102 e. The second-order valence-corrected chi connectivity index (χ2v) is 4.79. The van der Waals surface area contributed by atoms with Gasteiger partial charge in [0.05, 0.1) is 10.4 Å². The van der Waals surface area contributed by atoms with Gasteiger partial charge in [-0.05, 0) is 36.1 Å². The van der Waals surface area contributed by atoms with E-state index in [-0.39, 0.29) is 0 Å². The van der Waals surface area contributed by atoms with Crippen LogP contribution < -0.4 is 5.32 Å². The van der Waals surface area contributed by atoms with Crippen molar-refractivity contribution in [1.29, 1.82) is 5.26 Å². The number of nitriles is 1. The van der Waals surface area contributed by atoms with Crippen molar-refractivity contribution < 1.29 is 0 Å². The molecule has 3 nitrogen and oxygen atoms in total. The van der Waals surface area contributed by atoms with E-state index in [4.69, 9.17) is 5.26 Å². The molecule has 0 fully saturated rings. The van der Waals surface area contributed by atoms with Crippen LogP contribution in [0.4, 0.5) is 0 Å². The zero-order valence-electron chi connectivity index (χ0n) is 9.23. The van der Waals surface area contributed by atoms with E-state index in [9.17, 15) is 0 Å². The van der Waals surface area contributed by atoms with Gasteiger partial charge in [-0.25, -0.2) is 0 Å².